The van der Waals surface area contributed by atoms with E-state index in [0.717, 1.165) is 45.0 Å². The second-order valence-electron chi connectivity index (χ2n) is 9.53. The van der Waals surface area contributed by atoms with Gasteiger partial charge in [-0.25, -0.2) is 14.7 Å². The molecule has 1 aliphatic rings. The maximum absolute atomic E-state index is 13.7. The Morgan fingerprint density at radius 1 is 0.897 bits per heavy atom. The number of imidazole rings is 1. The molecule has 0 saturated carbocycles. The highest BCUT2D eigenvalue weighted by Gasteiger charge is 2.32. The summed E-state index contributed by atoms with van der Waals surface area (Å²) in [6.07, 6.45) is 4.51. The molecule has 1 unspecified atom stereocenters. The first-order valence-electron chi connectivity index (χ1n) is 12.6. The lowest BCUT2D eigenvalue weighted by molar-refractivity contribution is -0.121. The van der Waals surface area contributed by atoms with Crippen molar-refractivity contribution in [2.24, 2.45) is 4.99 Å². The number of methoxy groups -OCH3 is 1. The van der Waals surface area contributed by atoms with Crippen molar-refractivity contribution in [1.82, 2.24) is 24.5 Å². The highest BCUT2D eigenvalue weighted by molar-refractivity contribution is 6.19. The van der Waals surface area contributed by atoms with Gasteiger partial charge in [-0.05, 0) is 37.6 Å². The van der Waals surface area contributed by atoms with Crippen LogP contribution in [0.3, 0.4) is 0 Å². The molecule has 9 heteroatoms. The number of amides is 1. The standard InChI is InChI=1S/C30H27N7O2/c1-19-10-12-23-26(14-19)35(3)30(38)29(32-28(23)21-8-6-5-7-9-21)37-17-24(33-34-37)22-11-13-25(27(15-22)39-4)36-16-20(2)31-18-36/h5-18,29H,1-4H3. The van der Waals surface area contributed by atoms with Gasteiger partial charge in [-0.15, -0.1) is 5.10 Å². The molecule has 0 fully saturated rings. The monoisotopic (exact) mass is 517 g/mol. The number of hydrogen-bond donors (Lipinski definition) is 0. The van der Waals surface area contributed by atoms with Gasteiger partial charge >= 0.3 is 0 Å². The molecule has 0 spiro atoms. The molecule has 6 rings (SSSR count). The van der Waals surface area contributed by atoms with Gasteiger partial charge in [0.1, 0.15) is 11.4 Å². The molecule has 0 bridgehead atoms. The van der Waals surface area contributed by atoms with Crippen molar-refractivity contribution < 1.29 is 9.53 Å². The van der Waals surface area contributed by atoms with Gasteiger partial charge < -0.3 is 14.2 Å². The molecule has 1 atom stereocenters. The summed E-state index contributed by atoms with van der Waals surface area (Å²) in [5, 5.41) is 8.74. The molecule has 0 aliphatic carbocycles. The number of benzodiazepines with no additional fused rings is 1. The minimum atomic E-state index is -0.922. The quantitative estimate of drug-likeness (QED) is 0.335. The van der Waals surface area contributed by atoms with Gasteiger partial charge in [0.15, 0.2) is 0 Å². The maximum atomic E-state index is 13.7. The Kier molecular flexibility index (Phi) is 6.03. The average Bonchev–Trinajstić information content (AvgIpc) is 3.61. The maximum Gasteiger partial charge on any atom is 0.274 e. The van der Waals surface area contributed by atoms with E-state index in [4.69, 9.17) is 9.73 Å². The van der Waals surface area contributed by atoms with Crippen LogP contribution in [0.4, 0.5) is 5.69 Å². The zero-order chi connectivity index (χ0) is 27.1. The lowest BCUT2D eigenvalue weighted by atomic mass is 9.99. The van der Waals surface area contributed by atoms with E-state index in [1.54, 1.807) is 31.6 Å². The Bertz CT molecular complexity index is 1720. The first-order valence-corrected chi connectivity index (χ1v) is 12.6. The fourth-order valence-corrected chi connectivity index (χ4v) is 4.79. The number of aromatic nitrogens is 5. The molecule has 39 heavy (non-hydrogen) atoms. The van der Waals surface area contributed by atoms with Gasteiger partial charge in [0, 0.05) is 29.9 Å². The van der Waals surface area contributed by atoms with Crippen LogP contribution < -0.4 is 9.64 Å². The summed E-state index contributed by atoms with van der Waals surface area (Å²) in [5.41, 5.74) is 7.59. The Morgan fingerprint density at radius 3 is 2.46 bits per heavy atom. The number of carbonyl (C=O) groups is 1. The van der Waals surface area contributed by atoms with E-state index in [0.29, 0.717) is 11.4 Å². The van der Waals surface area contributed by atoms with Gasteiger partial charge in [-0.3, -0.25) is 4.79 Å². The van der Waals surface area contributed by atoms with Crippen molar-refractivity contribution in [2.45, 2.75) is 20.0 Å². The van der Waals surface area contributed by atoms with E-state index in [-0.39, 0.29) is 5.91 Å². The van der Waals surface area contributed by atoms with E-state index in [9.17, 15) is 4.79 Å². The molecule has 5 aromatic rings. The lowest BCUT2D eigenvalue weighted by Crippen LogP contribution is -2.33. The average molecular weight is 518 g/mol. The number of likely N-dealkylation sites (N-methyl/N-ethyl adjacent to an activating group) is 1. The zero-order valence-electron chi connectivity index (χ0n) is 22.1. The van der Waals surface area contributed by atoms with Crippen LogP contribution in [0.25, 0.3) is 16.9 Å². The summed E-state index contributed by atoms with van der Waals surface area (Å²) in [6, 6.07) is 21.7. The predicted molar refractivity (Wildman–Crippen MR) is 150 cm³/mol. The fraction of sp³-hybridized carbons (Fsp3) is 0.167. The third kappa shape index (κ3) is 4.37. The summed E-state index contributed by atoms with van der Waals surface area (Å²) in [7, 11) is 3.40. The number of aryl methyl sites for hydroxylation is 2. The molecular formula is C30H27N7O2. The summed E-state index contributed by atoms with van der Waals surface area (Å²) in [5.74, 6) is 0.465. The van der Waals surface area contributed by atoms with Crippen molar-refractivity contribution in [3.05, 3.63) is 108 Å². The summed E-state index contributed by atoms with van der Waals surface area (Å²) in [4.78, 5) is 24.7. The van der Waals surface area contributed by atoms with Crippen molar-refractivity contribution in [3.8, 4) is 22.7 Å². The molecule has 2 aromatic heterocycles. The van der Waals surface area contributed by atoms with Crippen LogP contribution in [0.15, 0.2) is 90.4 Å². The van der Waals surface area contributed by atoms with Crippen LogP contribution >= 0.6 is 0 Å². The number of ether oxygens (including phenoxy) is 1. The zero-order valence-corrected chi connectivity index (χ0v) is 22.1. The first-order chi connectivity index (χ1) is 18.9. The Morgan fingerprint density at radius 2 is 1.72 bits per heavy atom. The van der Waals surface area contributed by atoms with E-state index >= 15 is 0 Å². The first kappa shape index (κ1) is 24.3. The van der Waals surface area contributed by atoms with Crippen LogP contribution in [-0.4, -0.2) is 50.3 Å². The molecule has 1 aliphatic heterocycles. The SMILES string of the molecule is COc1cc(-c2cn(C3N=C(c4ccccc4)c4ccc(C)cc4N(C)C3=O)nn2)ccc1-n1cnc(C)c1. The predicted octanol–water partition coefficient (Wildman–Crippen LogP) is 4.77. The highest BCUT2D eigenvalue weighted by Crippen LogP contribution is 2.33. The molecule has 3 heterocycles. The third-order valence-corrected chi connectivity index (χ3v) is 6.85. The molecular weight excluding hydrogens is 490 g/mol. The number of aliphatic imine (C=N–C) groups is 1. The van der Waals surface area contributed by atoms with Crippen molar-refractivity contribution in [2.75, 3.05) is 19.1 Å². The number of anilines is 1. The number of rotatable bonds is 5. The Labute approximate surface area is 226 Å². The minimum absolute atomic E-state index is 0.201. The molecule has 9 nitrogen and oxygen atoms in total. The van der Waals surface area contributed by atoms with Crippen LogP contribution in [-0.2, 0) is 4.79 Å². The lowest BCUT2D eigenvalue weighted by Gasteiger charge is -2.20. The van der Waals surface area contributed by atoms with E-state index in [2.05, 4.69) is 15.3 Å². The second kappa shape index (κ2) is 9.68. The molecule has 3 aromatic carbocycles. The Hall–Kier alpha value is -5.05. The van der Waals surface area contributed by atoms with E-state index in [1.807, 2.05) is 91.3 Å². The molecule has 1 amide bonds. The van der Waals surface area contributed by atoms with Gasteiger partial charge in [-0.2, -0.15) is 0 Å². The van der Waals surface area contributed by atoms with Crippen molar-refractivity contribution in [3.63, 3.8) is 0 Å². The van der Waals surface area contributed by atoms with Crippen molar-refractivity contribution in [1.29, 1.82) is 0 Å². The van der Waals surface area contributed by atoms with Gasteiger partial charge in [0.2, 0.25) is 6.17 Å². The van der Waals surface area contributed by atoms with Crippen LogP contribution in [0.2, 0.25) is 0 Å². The van der Waals surface area contributed by atoms with Crippen molar-refractivity contribution >= 4 is 17.3 Å². The number of fused-ring (bicyclic) bond motifs is 1. The highest BCUT2D eigenvalue weighted by atomic mass is 16.5. The van der Waals surface area contributed by atoms with Gasteiger partial charge in [0.05, 0.1) is 42.4 Å². The van der Waals surface area contributed by atoms with Crippen LogP contribution in [0, 0.1) is 13.8 Å². The number of carbonyl (C=O) groups excluding carboxylic acids is 1. The molecule has 0 radical (unpaired) electrons. The van der Waals surface area contributed by atoms with E-state index < -0.39 is 6.17 Å². The molecule has 0 saturated heterocycles. The third-order valence-electron chi connectivity index (χ3n) is 6.85. The smallest absolute Gasteiger partial charge is 0.274 e. The largest absolute Gasteiger partial charge is 0.495 e. The summed E-state index contributed by atoms with van der Waals surface area (Å²) >= 11 is 0. The number of hydrogen-bond acceptors (Lipinski definition) is 6. The molecule has 0 N–H and O–H groups in total. The molecule has 194 valence electrons. The van der Waals surface area contributed by atoms with Gasteiger partial charge in [0.25, 0.3) is 5.91 Å². The van der Waals surface area contributed by atoms with Crippen LogP contribution in [0.1, 0.15) is 28.6 Å². The number of nitrogens with zero attached hydrogens (tertiary/aromatic N) is 7. The Balaban J connectivity index is 1.42. The summed E-state index contributed by atoms with van der Waals surface area (Å²) < 4.78 is 9.10. The van der Waals surface area contributed by atoms with Gasteiger partial charge in [-0.1, -0.05) is 53.7 Å². The second-order valence-corrected chi connectivity index (χ2v) is 9.53. The number of benzene rings is 3. The van der Waals surface area contributed by atoms with E-state index in [1.165, 1.54) is 4.68 Å². The fourth-order valence-electron chi connectivity index (χ4n) is 4.79. The minimum Gasteiger partial charge on any atom is -0.495 e. The van der Waals surface area contributed by atoms with Crippen LogP contribution in [0.5, 0.6) is 5.75 Å². The topological polar surface area (TPSA) is 90.4 Å². The normalized spacial score (nSPS) is 15.1. The summed E-state index contributed by atoms with van der Waals surface area (Å²) in [6.45, 7) is 3.95.